The van der Waals surface area contributed by atoms with Crippen LogP contribution in [0.5, 0.6) is 0 Å². The summed E-state index contributed by atoms with van der Waals surface area (Å²) in [5.41, 5.74) is 5.72. The van der Waals surface area contributed by atoms with E-state index in [1.807, 2.05) is 6.92 Å². The van der Waals surface area contributed by atoms with Gasteiger partial charge in [-0.2, -0.15) is 0 Å². The minimum absolute atomic E-state index is 0. The van der Waals surface area contributed by atoms with E-state index >= 15 is 0 Å². The van der Waals surface area contributed by atoms with Crippen molar-refractivity contribution in [3.63, 3.8) is 0 Å². The maximum Gasteiger partial charge on any atom is 0.256 e. The third-order valence-electron chi connectivity index (χ3n) is 3.34. The summed E-state index contributed by atoms with van der Waals surface area (Å²) in [6.45, 7) is 3.80. The van der Waals surface area contributed by atoms with Crippen LogP contribution in [0.2, 0.25) is 0 Å². The number of halogens is 3. The van der Waals surface area contributed by atoms with Crippen molar-refractivity contribution >= 4 is 30.7 Å². The molecule has 1 atom stereocenters. The molecule has 1 amide bonds. The van der Waals surface area contributed by atoms with E-state index in [1.54, 1.807) is 4.90 Å². The van der Waals surface area contributed by atoms with Crippen molar-refractivity contribution in [2.45, 2.75) is 13.3 Å². The van der Waals surface area contributed by atoms with Gasteiger partial charge in [-0.05, 0) is 24.4 Å². The van der Waals surface area contributed by atoms with E-state index in [1.165, 1.54) is 12.3 Å². The second kappa shape index (κ2) is 7.03. The number of amides is 1. The van der Waals surface area contributed by atoms with Gasteiger partial charge in [0.05, 0.1) is 11.8 Å². The van der Waals surface area contributed by atoms with Gasteiger partial charge >= 0.3 is 0 Å². The van der Waals surface area contributed by atoms with Gasteiger partial charge in [-0.25, -0.2) is 4.39 Å². The Morgan fingerprint density at radius 3 is 2.79 bits per heavy atom. The van der Waals surface area contributed by atoms with Crippen LogP contribution < -0.4 is 5.73 Å². The molecule has 0 radical (unpaired) electrons. The van der Waals surface area contributed by atoms with E-state index < -0.39 is 5.82 Å². The van der Waals surface area contributed by atoms with Gasteiger partial charge in [0.25, 0.3) is 5.91 Å². The minimum Gasteiger partial charge on any atom is -0.338 e. The summed E-state index contributed by atoms with van der Waals surface area (Å²) in [6.07, 6.45) is 3.35. The minimum atomic E-state index is -0.571. The Balaban J connectivity index is 0.00000162. The summed E-state index contributed by atoms with van der Waals surface area (Å²) in [6, 6.07) is 1.41. The first-order valence-corrected chi connectivity index (χ1v) is 5.65. The largest absolute Gasteiger partial charge is 0.338 e. The van der Waals surface area contributed by atoms with Crippen molar-refractivity contribution in [2.24, 2.45) is 11.1 Å². The van der Waals surface area contributed by atoms with Crippen LogP contribution in [-0.2, 0) is 0 Å². The maximum absolute atomic E-state index is 13.4. The zero-order chi connectivity index (χ0) is 12.5. The predicted molar refractivity (Wildman–Crippen MR) is 76.4 cm³/mol. The van der Waals surface area contributed by atoms with Crippen molar-refractivity contribution in [1.29, 1.82) is 0 Å². The first kappa shape index (κ1) is 18.1. The molecular formula is C12H18Cl2FN3O. The molecule has 4 nitrogen and oxygen atoms in total. The van der Waals surface area contributed by atoms with E-state index in [9.17, 15) is 9.18 Å². The third-order valence-corrected chi connectivity index (χ3v) is 3.34. The van der Waals surface area contributed by atoms with Crippen LogP contribution >= 0.6 is 24.8 Å². The molecule has 0 saturated carbocycles. The first-order chi connectivity index (χ1) is 8.06. The number of pyridine rings is 1. The Hall–Kier alpha value is -0.910. The standard InChI is InChI=1S/C12H16FN3O.2ClH/c1-12(7-14)3-5-16(8-12)11(17)9-2-4-15-6-10(9)13;;/h2,4,6H,3,5,7-8,14H2,1H3;2*1H. The quantitative estimate of drug-likeness (QED) is 0.907. The fourth-order valence-electron chi connectivity index (χ4n) is 2.08. The van der Waals surface area contributed by atoms with E-state index in [-0.39, 0.29) is 41.7 Å². The van der Waals surface area contributed by atoms with Crippen LogP contribution in [0.1, 0.15) is 23.7 Å². The Morgan fingerprint density at radius 2 is 2.26 bits per heavy atom. The summed E-state index contributed by atoms with van der Waals surface area (Å²) >= 11 is 0. The van der Waals surface area contributed by atoms with Gasteiger partial charge in [0, 0.05) is 19.3 Å². The van der Waals surface area contributed by atoms with Gasteiger partial charge in [-0.3, -0.25) is 9.78 Å². The number of likely N-dealkylation sites (tertiary alicyclic amines) is 1. The number of nitrogens with two attached hydrogens (primary N) is 1. The summed E-state index contributed by atoms with van der Waals surface area (Å²) in [5.74, 6) is -0.846. The highest BCUT2D eigenvalue weighted by atomic mass is 35.5. The Morgan fingerprint density at radius 1 is 1.58 bits per heavy atom. The highest BCUT2D eigenvalue weighted by Gasteiger charge is 2.35. The molecule has 2 heterocycles. The van der Waals surface area contributed by atoms with Crippen molar-refractivity contribution in [2.75, 3.05) is 19.6 Å². The van der Waals surface area contributed by atoms with Crippen LogP contribution in [-0.4, -0.2) is 35.4 Å². The number of hydrogen-bond donors (Lipinski definition) is 1. The fraction of sp³-hybridized carbons (Fsp3) is 0.500. The predicted octanol–water partition coefficient (Wildman–Crippen LogP) is 1.88. The van der Waals surface area contributed by atoms with Gasteiger partial charge in [-0.15, -0.1) is 24.8 Å². The van der Waals surface area contributed by atoms with E-state index in [0.717, 1.165) is 12.6 Å². The smallest absolute Gasteiger partial charge is 0.256 e. The van der Waals surface area contributed by atoms with Crippen LogP contribution in [0.4, 0.5) is 4.39 Å². The van der Waals surface area contributed by atoms with E-state index in [4.69, 9.17) is 5.73 Å². The molecule has 2 rings (SSSR count). The molecule has 1 fully saturated rings. The van der Waals surface area contributed by atoms with Gasteiger partial charge in [0.15, 0.2) is 5.82 Å². The highest BCUT2D eigenvalue weighted by molar-refractivity contribution is 5.94. The number of carbonyl (C=O) groups excluding carboxylic acids is 1. The Bertz CT molecular complexity index is 447. The van der Waals surface area contributed by atoms with Crippen molar-refractivity contribution < 1.29 is 9.18 Å². The second-order valence-electron chi connectivity index (χ2n) is 4.85. The van der Waals surface area contributed by atoms with Crippen LogP contribution in [0, 0.1) is 11.2 Å². The number of aromatic nitrogens is 1. The van der Waals surface area contributed by atoms with Crippen LogP contribution in [0.3, 0.4) is 0 Å². The zero-order valence-electron chi connectivity index (χ0n) is 10.6. The molecule has 1 unspecified atom stereocenters. The Labute approximate surface area is 124 Å². The Kier molecular flexibility index (Phi) is 6.69. The molecule has 1 saturated heterocycles. The molecule has 1 aromatic heterocycles. The lowest BCUT2D eigenvalue weighted by molar-refractivity contribution is 0.0772. The lowest BCUT2D eigenvalue weighted by atomic mass is 9.90. The molecule has 2 N–H and O–H groups in total. The van der Waals surface area contributed by atoms with Crippen molar-refractivity contribution in [3.05, 3.63) is 29.8 Å². The first-order valence-electron chi connectivity index (χ1n) is 5.65. The molecule has 0 bridgehead atoms. The lowest BCUT2D eigenvalue weighted by Crippen LogP contribution is -2.34. The average molecular weight is 310 g/mol. The molecule has 1 aromatic rings. The molecule has 7 heteroatoms. The van der Waals surface area contributed by atoms with Crippen molar-refractivity contribution in [3.8, 4) is 0 Å². The number of hydrogen-bond acceptors (Lipinski definition) is 3. The molecular weight excluding hydrogens is 292 g/mol. The van der Waals surface area contributed by atoms with Gasteiger partial charge in [0.1, 0.15) is 0 Å². The van der Waals surface area contributed by atoms with E-state index in [0.29, 0.717) is 19.6 Å². The molecule has 0 spiro atoms. The average Bonchev–Trinajstić information content (AvgIpc) is 2.73. The summed E-state index contributed by atoms with van der Waals surface area (Å²) < 4.78 is 13.4. The second-order valence-corrected chi connectivity index (χ2v) is 4.85. The highest BCUT2D eigenvalue weighted by Crippen LogP contribution is 2.29. The molecule has 0 aromatic carbocycles. The van der Waals surface area contributed by atoms with Crippen LogP contribution in [0.25, 0.3) is 0 Å². The van der Waals surface area contributed by atoms with Crippen molar-refractivity contribution in [1.82, 2.24) is 9.88 Å². The molecule has 1 aliphatic heterocycles. The molecule has 19 heavy (non-hydrogen) atoms. The number of rotatable bonds is 2. The fourth-order valence-corrected chi connectivity index (χ4v) is 2.08. The third kappa shape index (κ3) is 3.78. The summed E-state index contributed by atoms with van der Waals surface area (Å²) in [4.78, 5) is 17.4. The lowest BCUT2D eigenvalue weighted by Gasteiger charge is -2.22. The van der Waals surface area contributed by atoms with Gasteiger partial charge < -0.3 is 10.6 Å². The maximum atomic E-state index is 13.4. The molecule has 1 aliphatic rings. The van der Waals surface area contributed by atoms with Crippen LogP contribution in [0.15, 0.2) is 18.5 Å². The number of nitrogens with zero attached hydrogens (tertiary/aromatic N) is 2. The molecule has 0 aliphatic carbocycles. The zero-order valence-corrected chi connectivity index (χ0v) is 12.3. The SMILES string of the molecule is CC1(CN)CCN(C(=O)c2ccncc2F)C1.Cl.Cl. The number of carbonyl (C=O) groups is 1. The monoisotopic (exact) mass is 309 g/mol. The van der Waals surface area contributed by atoms with Gasteiger partial charge in [0.2, 0.25) is 0 Å². The van der Waals surface area contributed by atoms with E-state index in [2.05, 4.69) is 4.98 Å². The summed E-state index contributed by atoms with van der Waals surface area (Å²) in [5, 5.41) is 0. The topological polar surface area (TPSA) is 59.2 Å². The van der Waals surface area contributed by atoms with Gasteiger partial charge in [-0.1, -0.05) is 6.92 Å². The summed E-state index contributed by atoms with van der Waals surface area (Å²) in [7, 11) is 0. The molecule has 108 valence electrons. The normalized spacial score (nSPS) is 21.5.